The van der Waals surface area contributed by atoms with Crippen LogP contribution in [0.4, 0.5) is 39.5 Å². The second-order valence-corrected chi connectivity index (χ2v) is 14.6. The summed E-state index contributed by atoms with van der Waals surface area (Å²) in [5.41, 5.74) is 4.99. The van der Waals surface area contributed by atoms with Crippen molar-refractivity contribution in [3.63, 3.8) is 0 Å². The number of hydrogen-bond acceptors (Lipinski definition) is 14. The van der Waals surface area contributed by atoms with E-state index in [1.807, 2.05) is 17.5 Å². The monoisotopic (exact) mass is 796 g/mol. The molecule has 47 heavy (non-hydrogen) atoms. The fourth-order valence-corrected chi connectivity index (χ4v) is 4.85. The van der Waals surface area contributed by atoms with Crippen molar-refractivity contribution in [2.75, 3.05) is 6.26 Å². The summed E-state index contributed by atoms with van der Waals surface area (Å²) in [7, 11) is -24.4. The number of alkyl halides is 9. The molecule has 18 nitrogen and oxygen atoms in total. The van der Waals surface area contributed by atoms with E-state index in [9.17, 15) is 82.8 Å². The number of azide groups is 1. The van der Waals surface area contributed by atoms with E-state index in [1.165, 1.54) is 0 Å². The smallest absolute Gasteiger partial charge is 0.369 e. The number of nitrogens with zero attached hydrogens (tertiary/aromatic N) is 3. The van der Waals surface area contributed by atoms with E-state index < -0.39 is 80.9 Å². The minimum Gasteiger partial charge on any atom is -0.369 e. The SMILES string of the molecule is CCCC[C@H](N)C(N)=O.CCCC[C@H](N=[N+]=[N-])C(N)=O.CS(=O)(=O)OS(=O)(=O)C(F)(F)F.O=S(=O)(OS(=O)(=O)C(F)(F)F)C(F)(F)F. The zero-order valence-corrected chi connectivity index (χ0v) is 27.2. The Morgan fingerprint density at radius 2 is 1.02 bits per heavy atom. The summed E-state index contributed by atoms with van der Waals surface area (Å²) < 4.78 is 187. The summed E-state index contributed by atoms with van der Waals surface area (Å²) in [5.74, 6) is -0.945. The lowest BCUT2D eigenvalue weighted by molar-refractivity contribution is -0.120. The van der Waals surface area contributed by atoms with Gasteiger partial charge in [0.25, 0.3) is 10.1 Å². The second-order valence-electron chi connectivity index (χ2n) is 7.96. The molecule has 0 aromatic carbocycles. The van der Waals surface area contributed by atoms with Gasteiger partial charge in [0.05, 0.1) is 12.3 Å². The van der Waals surface area contributed by atoms with Gasteiger partial charge in [-0.05, 0) is 18.4 Å². The largest absolute Gasteiger partial charge is 0.524 e. The van der Waals surface area contributed by atoms with Crippen LogP contribution in [-0.4, -0.2) is 80.3 Å². The van der Waals surface area contributed by atoms with Crippen molar-refractivity contribution in [3.8, 4) is 0 Å². The highest BCUT2D eigenvalue weighted by Crippen LogP contribution is 2.32. The van der Waals surface area contributed by atoms with Crippen LogP contribution in [0.25, 0.3) is 10.4 Å². The molecule has 6 N–H and O–H groups in total. The number of amides is 2. The molecule has 0 radical (unpaired) electrons. The van der Waals surface area contributed by atoms with Gasteiger partial charge in [0.1, 0.15) is 6.04 Å². The number of carbonyl (C=O) groups excluding carboxylic acids is 2. The van der Waals surface area contributed by atoms with Gasteiger partial charge in [0, 0.05) is 4.91 Å². The van der Waals surface area contributed by atoms with Crippen molar-refractivity contribution in [1.82, 2.24) is 0 Å². The van der Waals surface area contributed by atoms with E-state index in [0.717, 1.165) is 25.7 Å². The Morgan fingerprint density at radius 1 is 0.702 bits per heavy atom. The van der Waals surface area contributed by atoms with Gasteiger partial charge in [-0.25, -0.2) is 0 Å². The van der Waals surface area contributed by atoms with Gasteiger partial charge in [-0.2, -0.15) is 73.2 Å². The molecule has 282 valence electrons. The minimum atomic E-state index is -6.85. The summed E-state index contributed by atoms with van der Waals surface area (Å²) in [5, 5.41) is 3.27. The number of hydrogen-bond donors (Lipinski definition) is 3. The van der Waals surface area contributed by atoms with Crippen LogP contribution in [0.3, 0.4) is 0 Å². The summed E-state index contributed by atoms with van der Waals surface area (Å²) in [6.07, 6.45) is 5.31. The maximum absolute atomic E-state index is 11.4. The highest BCUT2D eigenvalue weighted by molar-refractivity contribution is 8.00. The third kappa shape index (κ3) is 24.2. The van der Waals surface area contributed by atoms with Crippen LogP contribution in [0.5, 0.6) is 0 Å². The minimum absolute atomic E-state index is 0.191. The highest BCUT2D eigenvalue weighted by Gasteiger charge is 2.57. The fourth-order valence-electron chi connectivity index (χ4n) is 1.68. The molecule has 0 bridgehead atoms. The predicted octanol–water partition coefficient (Wildman–Crippen LogP) is 1.84. The average molecular weight is 797 g/mol. The first-order valence-corrected chi connectivity index (χ1v) is 17.5. The number of rotatable bonds is 13. The third-order valence-electron chi connectivity index (χ3n) is 3.83. The number of nitrogens with two attached hydrogens (primary N) is 3. The molecule has 2 atom stereocenters. The van der Waals surface area contributed by atoms with E-state index >= 15 is 0 Å². The lowest BCUT2D eigenvalue weighted by Crippen LogP contribution is -2.36. The summed E-state index contributed by atoms with van der Waals surface area (Å²) in [6, 6.07) is -1.11. The average Bonchev–Trinajstić information content (AvgIpc) is 2.82. The van der Waals surface area contributed by atoms with Gasteiger partial charge in [-0.15, -0.1) is 7.26 Å². The van der Waals surface area contributed by atoms with Crippen molar-refractivity contribution < 1.29 is 90.0 Å². The van der Waals surface area contributed by atoms with Crippen molar-refractivity contribution in [1.29, 1.82) is 0 Å². The van der Waals surface area contributed by atoms with Crippen LogP contribution in [0.1, 0.15) is 52.4 Å². The molecule has 0 spiro atoms. The third-order valence-corrected chi connectivity index (χ3v) is 8.67. The number of unbranched alkanes of at least 4 members (excludes halogenated alkanes) is 2. The standard InChI is InChI=1S/C6H12N4O.C6H14N2O.C2F6O5S2.C2H3F3O5S2/c1-2-3-4-5(6(7)11)9-10-8;1-2-3-4-5(7)6(8)9;3-1(4,5)14(9,10)13-15(11,12)2(6,7)8;1-11(6,7)10-12(8,9)2(3,4)5/h5H,2-4H2,1H3,(H2,7,11);5H,2-4,7H2,1H3,(H2,8,9);;1H3/t2*5-;;/m00../s1. The zero-order chi connectivity index (χ0) is 38.9. The molecule has 0 unspecified atom stereocenters. The molecule has 0 rings (SSSR count). The Labute approximate surface area is 262 Å². The van der Waals surface area contributed by atoms with Crippen LogP contribution in [0, 0.1) is 0 Å². The molecular weight excluding hydrogens is 767 g/mol. The molecular formula is C16H29F9N6O12S4. The van der Waals surface area contributed by atoms with Gasteiger partial charge >= 0.3 is 46.9 Å². The van der Waals surface area contributed by atoms with Crippen LogP contribution in [-0.2, 0) is 57.3 Å². The van der Waals surface area contributed by atoms with Crippen molar-refractivity contribution >= 4 is 52.3 Å². The molecule has 0 aliphatic rings. The molecule has 0 heterocycles. The molecule has 0 saturated heterocycles. The summed E-state index contributed by atoms with van der Waals surface area (Å²) in [4.78, 5) is 23.4. The molecule has 0 fully saturated rings. The van der Waals surface area contributed by atoms with Crippen molar-refractivity contribution in [2.45, 2.75) is 81.0 Å². The van der Waals surface area contributed by atoms with E-state index in [4.69, 9.17) is 22.7 Å². The topological polar surface area (TPSA) is 316 Å². The van der Waals surface area contributed by atoms with E-state index in [-0.39, 0.29) is 6.26 Å². The molecule has 0 aromatic heterocycles. The zero-order valence-electron chi connectivity index (χ0n) is 23.9. The van der Waals surface area contributed by atoms with Gasteiger partial charge in [0.15, 0.2) is 0 Å². The maximum Gasteiger partial charge on any atom is 0.524 e. The molecule has 0 aliphatic carbocycles. The Balaban J connectivity index is -0.000000267. The Kier molecular flexibility index (Phi) is 22.4. The maximum atomic E-state index is 11.4. The second kappa shape index (κ2) is 20.6. The van der Waals surface area contributed by atoms with E-state index in [1.54, 1.807) is 0 Å². The van der Waals surface area contributed by atoms with Crippen LogP contribution >= 0.6 is 0 Å². The molecule has 2 amide bonds. The molecule has 0 aliphatic heterocycles. The molecule has 0 saturated carbocycles. The van der Waals surface area contributed by atoms with E-state index in [2.05, 4.69) is 13.7 Å². The van der Waals surface area contributed by atoms with Gasteiger partial charge in [0.2, 0.25) is 11.8 Å². The van der Waals surface area contributed by atoms with E-state index in [0.29, 0.717) is 12.8 Å². The Hall–Kier alpha value is -2.70. The lowest BCUT2D eigenvalue weighted by atomic mass is 10.1. The predicted molar refractivity (Wildman–Crippen MR) is 140 cm³/mol. The summed E-state index contributed by atoms with van der Waals surface area (Å²) in [6.45, 7) is 4.04. The number of halogens is 9. The van der Waals surface area contributed by atoms with Gasteiger partial charge < -0.3 is 17.2 Å². The quantitative estimate of drug-likeness (QED) is 0.0789. The lowest BCUT2D eigenvalue weighted by Gasteiger charge is -2.09. The first kappa shape index (κ1) is 51.1. The fraction of sp³-hybridized carbons (Fsp3) is 0.875. The number of primary amides is 2. The normalized spacial score (nSPS) is 13.9. The van der Waals surface area contributed by atoms with Crippen molar-refractivity contribution in [2.24, 2.45) is 22.3 Å². The molecule has 0 aromatic rings. The number of carbonyl (C=O) groups is 2. The Morgan fingerprint density at radius 3 is 1.23 bits per heavy atom. The van der Waals surface area contributed by atoms with Gasteiger partial charge in [-0.1, -0.05) is 44.6 Å². The molecule has 31 heteroatoms. The first-order chi connectivity index (χ1) is 20.6. The van der Waals surface area contributed by atoms with Crippen molar-refractivity contribution in [3.05, 3.63) is 10.4 Å². The summed E-state index contributed by atoms with van der Waals surface area (Å²) >= 11 is 0. The van der Waals surface area contributed by atoms with Gasteiger partial charge in [-0.3, -0.25) is 9.59 Å². The Bertz CT molecular complexity index is 1430. The highest BCUT2D eigenvalue weighted by atomic mass is 32.3. The first-order valence-electron chi connectivity index (χ1n) is 11.5. The van der Waals surface area contributed by atoms with Crippen LogP contribution < -0.4 is 17.2 Å². The van der Waals surface area contributed by atoms with Crippen LogP contribution in [0.2, 0.25) is 0 Å². The van der Waals surface area contributed by atoms with Crippen LogP contribution in [0.15, 0.2) is 5.11 Å².